The lowest BCUT2D eigenvalue weighted by molar-refractivity contribution is -0.146. The molecule has 0 aromatic carbocycles. The van der Waals surface area contributed by atoms with Gasteiger partial charge >= 0.3 is 0 Å². The second kappa shape index (κ2) is 3.95. The molecule has 0 saturated heterocycles. The van der Waals surface area contributed by atoms with Crippen molar-refractivity contribution in [2.45, 2.75) is 18.1 Å². The molecular weight excluding hydrogens is 152 g/mol. The van der Waals surface area contributed by atoms with Gasteiger partial charge in [0, 0.05) is 6.42 Å². The first kappa shape index (κ1) is 9.93. The van der Waals surface area contributed by atoms with E-state index in [2.05, 4.69) is 0 Å². The van der Waals surface area contributed by atoms with Gasteiger partial charge in [-0.05, 0) is 0 Å². The molecule has 0 radical (unpaired) electrons. The van der Waals surface area contributed by atoms with Gasteiger partial charge in [-0.1, -0.05) is 0 Å². The summed E-state index contributed by atoms with van der Waals surface area (Å²) < 4.78 is 0. The Labute approximate surface area is 62.6 Å². The minimum atomic E-state index is -2.26. The topological polar surface area (TPSA) is 91.7 Å². The number of aliphatic hydroxyl groups excluding tert-OH is 1. The Bertz CT molecular complexity index is 166. The lowest BCUT2D eigenvalue weighted by Crippen LogP contribution is -2.45. The van der Waals surface area contributed by atoms with Crippen LogP contribution in [0.5, 0.6) is 0 Å². The fraction of sp³-hybridized carbons (Fsp3) is 0.500. The highest BCUT2D eigenvalue weighted by molar-refractivity contribution is 5.76. The molecular formula is C6H8O5. The first-order chi connectivity index (χ1) is 5.10. The molecule has 2 unspecified atom stereocenters. The van der Waals surface area contributed by atoms with Crippen LogP contribution in [-0.2, 0) is 14.4 Å². The quantitative estimate of drug-likeness (QED) is 0.457. The fourth-order valence-electron chi connectivity index (χ4n) is 0.490. The number of rotatable bonds is 5. The van der Waals surface area contributed by atoms with Gasteiger partial charge in [-0.15, -0.1) is 0 Å². The number of aliphatic hydroxyl groups is 2. The van der Waals surface area contributed by atoms with Crippen molar-refractivity contribution in [2.75, 3.05) is 0 Å². The number of aldehydes is 3. The second-order valence-electron chi connectivity index (χ2n) is 2.06. The van der Waals surface area contributed by atoms with Crippen LogP contribution in [0.2, 0.25) is 0 Å². The third-order valence-corrected chi connectivity index (χ3v) is 1.26. The fourth-order valence-corrected chi connectivity index (χ4v) is 0.490. The van der Waals surface area contributed by atoms with E-state index in [0.717, 1.165) is 0 Å². The zero-order valence-corrected chi connectivity index (χ0v) is 5.64. The van der Waals surface area contributed by atoms with Crippen molar-refractivity contribution in [3.05, 3.63) is 0 Å². The number of hydrogen-bond donors (Lipinski definition) is 2. The summed E-state index contributed by atoms with van der Waals surface area (Å²) in [6, 6.07) is 0. The molecule has 2 N–H and O–H groups in total. The van der Waals surface area contributed by atoms with Gasteiger partial charge in [0.25, 0.3) is 0 Å². The van der Waals surface area contributed by atoms with Crippen LogP contribution in [0.25, 0.3) is 0 Å². The Morgan fingerprint density at radius 2 is 1.91 bits per heavy atom. The molecule has 0 saturated carbocycles. The SMILES string of the molecule is O=CCC(O)(C=O)C(O)C=O. The van der Waals surface area contributed by atoms with E-state index >= 15 is 0 Å². The number of carbonyl (C=O) groups excluding carboxylic acids is 3. The van der Waals surface area contributed by atoms with E-state index in [9.17, 15) is 14.4 Å². The van der Waals surface area contributed by atoms with Gasteiger partial charge in [-0.2, -0.15) is 0 Å². The molecule has 11 heavy (non-hydrogen) atoms. The highest BCUT2D eigenvalue weighted by atomic mass is 16.4. The molecule has 5 nitrogen and oxygen atoms in total. The van der Waals surface area contributed by atoms with Crippen LogP contribution in [0.3, 0.4) is 0 Å². The molecule has 2 atom stereocenters. The van der Waals surface area contributed by atoms with Gasteiger partial charge in [-0.25, -0.2) is 0 Å². The molecule has 0 aromatic heterocycles. The van der Waals surface area contributed by atoms with E-state index in [0.29, 0.717) is 0 Å². The summed E-state index contributed by atoms with van der Waals surface area (Å²) >= 11 is 0. The van der Waals surface area contributed by atoms with Crippen molar-refractivity contribution in [1.29, 1.82) is 0 Å². The smallest absolute Gasteiger partial charge is 0.159 e. The summed E-state index contributed by atoms with van der Waals surface area (Å²) in [5.74, 6) is 0. The van der Waals surface area contributed by atoms with E-state index < -0.39 is 18.1 Å². The number of carbonyl (C=O) groups is 3. The van der Waals surface area contributed by atoms with Gasteiger partial charge in [0.2, 0.25) is 0 Å². The maximum absolute atomic E-state index is 10.1. The molecule has 0 aliphatic rings. The maximum atomic E-state index is 10.1. The molecule has 0 aliphatic heterocycles. The van der Waals surface area contributed by atoms with Crippen LogP contribution < -0.4 is 0 Å². The lowest BCUT2D eigenvalue weighted by Gasteiger charge is -2.20. The average Bonchev–Trinajstić information content (AvgIpc) is 2.03. The molecule has 0 fully saturated rings. The molecule has 62 valence electrons. The van der Waals surface area contributed by atoms with Gasteiger partial charge in [0.05, 0.1) is 0 Å². The van der Waals surface area contributed by atoms with E-state index in [1.165, 1.54) is 0 Å². The second-order valence-corrected chi connectivity index (χ2v) is 2.06. The van der Waals surface area contributed by atoms with Gasteiger partial charge in [-0.3, -0.25) is 0 Å². The molecule has 0 aliphatic carbocycles. The molecule has 0 amide bonds. The van der Waals surface area contributed by atoms with Crippen LogP contribution >= 0.6 is 0 Å². The van der Waals surface area contributed by atoms with Crippen molar-refractivity contribution >= 4 is 18.9 Å². The maximum Gasteiger partial charge on any atom is 0.159 e. The molecule has 0 aromatic rings. The van der Waals surface area contributed by atoms with Gasteiger partial charge < -0.3 is 24.6 Å². The summed E-state index contributed by atoms with van der Waals surface area (Å²) in [4.78, 5) is 29.8. The van der Waals surface area contributed by atoms with Crippen LogP contribution in [0.4, 0.5) is 0 Å². The normalized spacial score (nSPS) is 18.0. The van der Waals surface area contributed by atoms with Crippen molar-refractivity contribution in [1.82, 2.24) is 0 Å². The minimum absolute atomic E-state index is 0.00208. The zero-order chi connectivity index (χ0) is 8.91. The molecule has 0 heterocycles. The van der Waals surface area contributed by atoms with E-state index in [1.807, 2.05) is 0 Å². The summed E-state index contributed by atoms with van der Waals surface area (Å²) in [6.07, 6.45) is -2.21. The van der Waals surface area contributed by atoms with Crippen molar-refractivity contribution in [3.63, 3.8) is 0 Å². The van der Waals surface area contributed by atoms with E-state index in [-0.39, 0.29) is 18.9 Å². The number of hydrogen-bond acceptors (Lipinski definition) is 5. The summed E-state index contributed by atoms with van der Waals surface area (Å²) in [5, 5.41) is 17.7. The summed E-state index contributed by atoms with van der Waals surface area (Å²) in [7, 11) is 0. The largest absolute Gasteiger partial charge is 0.382 e. The Kier molecular flexibility index (Phi) is 3.56. The van der Waals surface area contributed by atoms with E-state index in [4.69, 9.17) is 10.2 Å². The average molecular weight is 160 g/mol. The molecule has 0 spiro atoms. The third-order valence-electron chi connectivity index (χ3n) is 1.26. The first-order valence-corrected chi connectivity index (χ1v) is 2.86. The van der Waals surface area contributed by atoms with Crippen LogP contribution in [-0.4, -0.2) is 40.8 Å². The van der Waals surface area contributed by atoms with Crippen molar-refractivity contribution < 1.29 is 24.6 Å². The standard InChI is InChI=1S/C6H8O5/c7-2-1-6(11,4-9)5(10)3-8/h2-5,10-11H,1H2. The predicted molar refractivity (Wildman–Crippen MR) is 33.8 cm³/mol. The Balaban J connectivity index is 4.42. The van der Waals surface area contributed by atoms with Crippen LogP contribution in [0.1, 0.15) is 6.42 Å². The Morgan fingerprint density at radius 1 is 1.36 bits per heavy atom. The first-order valence-electron chi connectivity index (χ1n) is 2.86. The highest BCUT2D eigenvalue weighted by Crippen LogP contribution is 2.09. The van der Waals surface area contributed by atoms with E-state index in [1.54, 1.807) is 0 Å². The Hall–Kier alpha value is -1.07. The highest BCUT2D eigenvalue weighted by Gasteiger charge is 2.34. The molecule has 5 heteroatoms. The van der Waals surface area contributed by atoms with Crippen LogP contribution in [0.15, 0.2) is 0 Å². The third kappa shape index (κ3) is 2.21. The summed E-state index contributed by atoms with van der Waals surface area (Å²) in [5.41, 5.74) is -2.26. The predicted octanol–water partition coefficient (Wildman–Crippen LogP) is -1.93. The monoisotopic (exact) mass is 160 g/mol. The molecule has 0 bridgehead atoms. The Morgan fingerprint density at radius 3 is 2.18 bits per heavy atom. The molecule has 0 rings (SSSR count). The van der Waals surface area contributed by atoms with Gasteiger partial charge in [0.1, 0.15) is 12.4 Å². The van der Waals surface area contributed by atoms with Gasteiger partial charge in [0.15, 0.2) is 18.2 Å². The minimum Gasteiger partial charge on any atom is -0.382 e. The van der Waals surface area contributed by atoms with Crippen molar-refractivity contribution in [3.8, 4) is 0 Å². The zero-order valence-electron chi connectivity index (χ0n) is 5.64. The van der Waals surface area contributed by atoms with Crippen LogP contribution in [0, 0.1) is 0 Å². The summed E-state index contributed by atoms with van der Waals surface area (Å²) in [6.45, 7) is 0. The van der Waals surface area contributed by atoms with Crippen molar-refractivity contribution in [2.24, 2.45) is 0 Å². The lowest BCUT2D eigenvalue weighted by atomic mass is 9.96.